The highest BCUT2D eigenvalue weighted by Gasteiger charge is 1.93. The smallest absolute Gasteiger partial charge is 0.0958 e. The zero-order valence-electron chi connectivity index (χ0n) is 10.2. The number of hydrogen-bond acceptors (Lipinski definition) is 4. The first-order valence-corrected chi connectivity index (χ1v) is 7.79. The van der Waals surface area contributed by atoms with E-state index in [1.54, 1.807) is 35.9 Å². The molecule has 0 fully saturated rings. The van der Waals surface area contributed by atoms with Crippen LogP contribution in [0.2, 0.25) is 0 Å². The van der Waals surface area contributed by atoms with Gasteiger partial charge in [0.2, 0.25) is 0 Å². The van der Waals surface area contributed by atoms with Gasteiger partial charge in [-0.3, -0.25) is 0 Å². The highest BCUT2D eigenvalue weighted by Crippen LogP contribution is 2.11. The van der Waals surface area contributed by atoms with Crippen LogP contribution < -0.4 is 0 Å². The molecule has 0 unspecified atom stereocenters. The molecule has 0 radical (unpaired) electrons. The Bertz CT molecular complexity index is 514. The number of pyridine rings is 2. The fraction of sp³-hybridized carbons (Fsp3) is 0.143. The minimum Gasteiger partial charge on any atom is -0.249 e. The average Bonchev–Trinajstić information content (AvgIpc) is 2.46. The van der Waals surface area contributed by atoms with Crippen LogP contribution in [0.5, 0.6) is 0 Å². The lowest BCUT2D eigenvalue weighted by Crippen LogP contribution is -1.82. The summed E-state index contributed by atoms with van der Waals surface area (Å²) in [5, 5.41) is 2.01. The third kappa shape index (κ3) is 3.52. The van der Waals surface area contributed by atoms with Crippen LogP contribution >= 0.6 is 23.5 Å². The van der Waals surface area contributed by atoms with Gasteiger partial charge in [-0.05, 0) is 36.8 Å². The van der Waals surface area contributed by atoms with E-state index >= 15 is 0 Å². The maximum atomic E-state index is 4.28. The first-order valence-electron chi connectivity index (χ1n) is 5.34. The van der Waals surface area contributed by atoms with Gasteiger partial charge in [-0.15, -0.1) is 23.5 Å². The molecule has 0 saturated carbocycles. The lowest BCUT2D eigenvalue weighted by atomic mass is 10.2. The topological polar surface area (TPSA) is 25.8 Å². The summed E-state index contributed by atoms with van der Waals surface area (Å²) in [4.78, 5) is 8.56. The number of thioether (sulfide) groups is 2. The minimum absolute atomic E-state index is 0.918. The van der Waals surface area contributed by atoms with Gasteiger partial charge < -0.3 is 0 Å². The SMILES string of the molecule is CSc1ccc(C#Cc2ccc(SC)nc2)cn1. The molecule has 2 rings (SSSR count). The molecule has 0 bridgehead atoms. The van der Waals surface area contributed by atoms with E-state index in [1.165, 1.54) is 0 Å². The molecule has 0 aliphatic carbocycles. The van der Waals surface area contributed by atoms with Gasteiger partial charge in [-0.2, -0.15) is 0 Å². The van der Waals surface area contributed by atoms with Crippen LogP contribution in [0.3, 0.4) is 0 Å². The Balaban J connectivity index is 2.14. The fourth-order valence-corrected chi connectivity index (χ4v) is 2.02. The minimum atomic E-state index is 0.918. The van der Waals surface area contributed by atoms with Crippen LogP contribution in [0.4, 0.5) is 0 Å². The van der Waals surface area contributed by atoms with Crippen LogP contribution in [0.1, 0.15) is 11.1 Å². The molecule has 0 aromatic carbocycles. The van der Waals surface area contributed by atoms with Crippen molar-refractivity contribution in [2.24, 2.45) is 0 Å². The van der Waals surface area contributed by atoms with E-state index in [4.69, 9.17) is 0 Å². The van der Waals surface area contributed by atoms with E-state index in [0.717, 1.165) is 21.2 Å². The second-order valence-electron chi connectivity index (χ2n) is 3.43. The number of aromatic nitrogens is 2. The van der Waals surface area contributed by atoms with Crippen molar-refractivity contribution in [1.82, 2.24) is 9.97 Å². The molecule has 2 heterocycles. The first-order chi connectivity index (χ1) is 8.81. The maximum Gasteiger partial charge on any atom is 0.0958 e. The van der Waals surface area contributed by atoms with Gasteiger partial charge in [0.15, 0.2) is 0 Å². The monoisotopic (exact) mass is 272 g/mol. The third-order valence-corrected chi connectivity index (χ3v) is 3.56. The summed E-state index contributed by atoms with van der Waals surface area (Å²) in [6.45, 7) is 0. The Hall–Kier alpha value is -1.44. The Morgan fingerprint density at radius 3 is 1.50 bits per heavy atom. The normalized spacial score (nSPS) is 9.67. The van der Waals surface area contributed by atoms with Crippen LogP contribution in [0, 0.1) is 11.8 Å². The summed E-state index contributed by atoms with van der Waals surface area (Å²) in [7, 11) is 0. The molecule has 90 valence electrons. The van der Waals surface area contributed by atoms with Crippen LogP contribution in [0.25, 0.3) is 0 Å². The van der Waals surface area contributed by atoms with Crippen molar-refractivity contribution in [3.05, 3.63) is 47.8 Å². The molecule has 2 aromatic rings. The lowest BCUT2D eigenvalue weighted by Gasteiger charge is -1.95. The molecule has 0 saturated heterocycles. The molecule has 18 heavy (non-hydrogen) atoms. The zero-order chi connectivity index (χ0) is 12.8. The summed E-state index contributed by atoms with van der Waals surface area (Å²) >= 11 is 3.25. The summed E-state index contributed by atoms with van der Waals surface area (Å²) in [5.74, 6) is 6.16. The van der Waals surface area contributed by atoms with Gasteiger partial charge in [0, 0.05) is 23.5 Å². The Labute approximate surface area is 116 Å². The van der Waals surface area contributed by atoms with Crippen LogP contribution in [-0.4, -0.2) is 22.5 Å². The van der Waals surface area contributed by atoms with E-state index in [2.05, 4.69) is 21.8 Å². The molecule has 0 N–H and O–H groups in total. The van der Waals surface area contributed by atoms with Gasteiger partial charge in [0.25, 0.3) is 0 Å². The predicted molar refractivity (Wildman–Crippen MR) is 78.0 cm³/mol. The number of rotatable bonds is 2. The summed E-state index contributed by atoms with van der Waals surface area (Å²) in [5.41, 5.74) is 1.84. The Morgan fingerprint density at radius 2 is 1.22 bits per heavy atom. The van der Waals surface area contributed by atoms with Gasteiger partial charge >= 0.3 is 0 Å². The summed E-state index contributed by atoms with van der Waals surface area (Å²) in [6, 6.07) is 7.92. The van der Waals surface area contributed by atoms with Gasteiger partial charge in [-0.25, -0.2) is 9.97 Å². The third-order valence-electron chi connectivity index (χ3n) is 2.24. The molecular weight excluding hydrogens is 260 g/mol. The predicted octanol–water partition coefficient (Wildman–Crippen LogP) is 3.32. The highest BCUT2D eigenvalue weighted by atomic mass is 32.2. The van der Waals surface area contributed by atoms with E-state index in [-0.39, 0.29) is 0 Å². The zero-order valence-corrected chi connectivity index (χ0v) is 11.8. The van der Waals surface area contributed by atoms with Crippen molar-refractivity contribution in [2.75, 3.05) is 12.5 Å². The molecule has 2 nitrogen and oxygen atoms in total. The van der Waals surface area contributed by atoms with Crippen molar-refractivity contribution >= 4 is 23.5 Å². The molecule has 0 spiro atoms. The molecule has 4 heteroatoms. The van der Waals surface area contributed by atoms with E-state index in [1.807, 2.05) is 36.8 Å². The van der Waals surface area contributed by atoms with Gasteiger partial charge in [0.1, 0.15) is 0 Å². The fourth-order valence-electron chi connectivity index (χ4n) is 1.29. The number of hydrogen-bond donors (Lipinski definition) is 0. The van der Waals surface area contributed by atoms with E-state index in [9.17, 15) is 0 Å². The molecule has 0 aliphatic rings. The summed E-state index contributed by atoms with van der Waals surface area (Å²) < 4.78 is 0. The second kappa shape index (κ2) is 6.48. The van der Waals surface area contributed by atoms with Gasteiger partial charge in [-0.1, -0.05) is 11.8 Å². The van der Waals surface area contributed by atoms with Crippen molar-refractivity contribution in [3.63, 3.8) is 0 Å². The van der Waals surface area contributed by atoms with Crippen LogP contribution in [0.15, 0.2) is 46.7 Å². The second-order valence-corrected chi connectivity index (χ2v) is 5.08. The molecule has 0 atom stereocenters. The molecule has 0 aliphatic heterocycles. The largest absolute Gasteiger partial charge is 0.249 e. The quantitative estimate of drug-likeness (QED) is 0.619. The van der Waals surface area contributed by atoms with Gasteiger partial charge in [0.05, 0.1) is 10.1 Å². The van der Waals surface area contributed by atoms with E-state index in [0.29, 0.717) is 0 Å². The van der Waals surface area contributed by atoms with E-state index < -0.39 is 0 Å². The molecular formula is C14H12N2S2. The maximum absolute atomic E-state index is 4.28. The van der Waals surface area contributed by atoms with Crippen LogP contribution in [-0.2, 0) is 0 Å². The van der Waals surface area contributed by atoms with Crippen molar-refractivity contribution in [1.29, 1.82) is 0 Å². The molecule has 0 amide bonds. The number of nitrogens with zero attached hydrogens (tertiary/aromatic N) is 2. The lowest BCUT2D eigenvalue weighted by molar-refractivity contribution is 1.13. The Kier molecular flexibility index (Phi) is 4.68. The summed E-state index contributed by atoms with van der Waals surface area (Å²) in [6.07, 6.45) is 7.60. The standard InChI is InChI=1S/C14H12N2S2/c1-17-13-7-5-11(9-15-13)3-4-12-6-8-14(18-2)16-10-12/h5-10H,1-2H3. The van der Waals surface area contributed by atoms with Crippen molar-refractivity contribution < 1.29 is 0 Å². The average molecular weight is 272 g/mol. The highest BCUT2D eigenvalue weighted by molar-refractivity contribution is 7.98. The first kappa shape index (κ1) is 13.0. The molecule has 2 aromatic heterocycles. The Morgan fingerprint density at radius 1 is 0.778 bits per heavy atom. The van der Waals surface area contributed by atoms with Crippen molar-refractivity contribution in [3.8, 4) is 11.8 Å². The van der Waals surface area contributed by atoms with Crippen molar-refractivity contribution in [2.45, 2.75) is 10.1 Å².